The number of hydrogen-bond acceptors (Lipinski definition) is 4. The number of sulfonamides is 1. The molecular formula is C20H29IN4O2S2. The van der Waals surface area contributed by atoms with Crippen LogP contribution in [0.25, 0.3) is 0 Å². The van der Waals surface area contributed by atoms with E-state index < -0.39 is 10.0 Å². The molecule has 0 aliphatic heterocycles. The molecule has 0 atom stereocenters. The van der Waals surface area contributed by atoms with Gasteiger partial charge in [0.2, 0.25) is 10.0 Å². The van der Waals surface area contributed by atoms with Crippen molar-refractivity contribution >= 4 is 51.3 Å². The number of nitrogens with zero attached hydrogens (tertiary/aromatic N) is 1. The molecule has 160 valence electrons. The van der Waals surface area contributed by atoms with Crippen molar-refractivity contribution < 1.29 is 8.42 Å². The average molecular weight is 549 g/mol. The smallest absolute Gasteiger partial charge is 0.238 e. The van der Waals surface area contributed by atoms with Crippen molar-refractivity contribution in [2.75, 3.05) is 13.6 Å². The minimum absolute atomic E-state index is 0. The molecule has 0 saturated heterocycles. The first-order valence-electron chi connectivity index (χ1n) is 9.53. The molecule has 3 rings (SSSR count). The quantitative estimate of drug-likeness (QED) is 0.292. The molecule has 9 heteroatoms. The number of nitrogens with one attached hydrogen (secondary N) is 2. The third-order valence-corrected chi connectivity index (χ3v) is 7.43. The van der Waals surface area contributed by atoms with Crippen molar-refractivity contribution in [2.24, 2.45) is 10.1 Å². The number of thiophene rings is 1. The van der Waals surface area contributed by atoms with Gasteiger partial charge in [0.25, 0.3) is 0 Å². The molecule has 2 aromatic rings. The summed E-state index contributed by atoms with van der Waals surface area (Å²) in [6.07, 6.45) is 6.25. The number of rotatable bonds is 6. The van der Waals surface area contributed by atoms with E-state index in [0.717, 1.165) is 18.1 Å². The van der Waals surface area contributed by atoms with E-state index in [2.05, 4.69) is 33.1 Å². The molecule has 1 aromatic carbocycles. The molecule has 1 fully saturated rings. The number of benzene rings is 1. The highest BCUT2D eigenvalue weighted by molar-refractivity contribution is 14.0. The monoisotopic (exact) mass is 548 g/mol. The fourth-order valence-electron chi connectivity index (χ4n) is 3.78. The lowest BCUT2D eigenvalue weighted by molar-refractivity contribution is 0.296. The van der Waals surface area contributed by atoms with Gasteiger partial charge in [-0.15, -0.1) is 35.3 Å². The average Bonchev–Trinajstić information content (AvgIpc) is 3.24. The highest BCUT2D eigenvalue weighted by Crippen LogP contribution is 2.41. The third kappa shape index (κ3) is 6.40. The summed E-state index contributed by atoms with van der Waals surface area (Å²) >= 11 is 1.84. The molecule has 4 N–H and O–H groups in total. The maximum atomic E-state index is 11.4. The Morgan fingerprint density at radius 2 is 1.83 bits per heavy atom. The Morgan fingerprint density at radius 1 is 1.14 bits per heavy atom. The van der Waals surface area contributed by atoms with E-state index in [9.17, 15) is 8.42 Å². The maximum Gasteiger partial charge on any atom is 0.238 e. The van der Waals surface area contributed by atoms with E-state index in [1.54, 1.807) is 19.2 Å². The predicted octanol–water partition coefficient (Wildman–Crippen LogP) is 3.58. The van der Waals surface area contributed by atoms with Crippen LogP contribution >= 0.6 is 35.3 Å². The van der Waals surface area contributed by atoms with Crippen LogP contribution in [-0.4, -0.2) is 28.0 Å². The van der Waals surface area contributed by atoms with Crippen molar-refractivity contribution in [3.05, 3.63) is 52.2 Å². The van der Waals surface area contributed by atoms with Crippen molar-refractivity contribution in [2.45, 2.75) is 49.0 Å². The SMILES string of the molecule is CN=C(NCc1ccc(S(N)(=O)=O)cc1)NCC1(c2cccs2)CCCCC1.I. The number of guanidine groups is 1. The number of nitrogens with two attached hydrogens (primary N) is 1. The van der Waals surface area contributed by atoms with Crippen LogP contribution in [0.4, 0.5) is 0 Å². The van der Waals surface area contributed by atoms with E-state index in [0.29, 0.717) is 6.54 Å². The first kappa shape index (κ1) is 24.1. The fraction of sp³-hybridized carbons (Fsp3) is 0.450. The first-order valence-corrected chi connectivity index (χ1v) is 12.0. The second kappa shape index (κ2) is 10.7. The van der Waals surface area contributed by atoms with Crippen LogP contribution in [0.15, 0.2) is 51.7 Å². The Labute approximate surface area is 194 Å². The van der Waals surface area contributed by atoms with E-state index in [1.165, 1.54) is 49.1 Å². The molecule has 0 spiro atoms. The second-order valence-electron chi connectivity index (χ2n) is 7.29. The van der Waals surface area contributed by atoms with Gasteiger partial charge in [0, 0.05) is 30.4 Å². The molecule has 29 heavy (non-hydrogen) atoms. The zero-order valence-electron chi connectivity index (χ0n) is 16.6. The van der Waals surface area contributed by atoms with Gasteiger partial charge < -0.3 is 10.6 Å². The summed E-state index contributed by atoms with van der Waals surface area (Å²) in [5, 5.41) is 14.1. The Hall–Kier alpha value is -1.17. The molecule has 1 aromatic heterocycles. The van der Waals surface area contributed by atoms with Gasteiger partial charge in [0.15, 0.2) is 5.96 Å². The standard InChI is InChI=1S/C20H28N4O2S2.HI/c1-22-19(23-14-16-7-9-17(10-8-16)28(21,25)26)24-15-20(11-3-2-4-12-20)18-6-5-13-27-18;/h5-10,13H,2-4,11-12,14-15H2,1H3,(H2,21,25,26)(H2,22,23,24);1H. The van der Waals surface area contributed by atoms with Crippen LogP contribution in [0.2, 0.25) is 0 Å². The second-order valence-corrected chi connectivity index (χ2v) is 9.80. The summed E-state index contributed by atoms with van der Waals surface area (Å²) in [6, 6.07) is 10.9. The van der Waals surface area contributed by atoms with Crippen molar-refractivity contribution in [1.82, 2.24) is 10.6 Å². The van der Waals surface area contributed by atoms with Gasteiger partial charge in [-0.25, -0.2) is 13.6 Å². The largest absolute Gasteiger partial charge is 0.355 e. The van der Waals surface area contributed by atoms with Crippen LogP contribution in [0.3, 0.4) is 0 Å². The van der Waals surface area contributed by atoms with Crippen molar-refractivity contribution in [3.8, 4) is 0 Å². The molecule has 1 aliphatic rings. The zero-order chi connectivity index (χ0) is 20.0. The van der Waals surface area contributed by atoms with Gasteiger partial charge in [0.05, 0.1) is 4.90 Å². The number of hydrogen-bond donors (Lipinski definition) is 3. The summed E-state index contributed by atoms with van der Waals surface area (Å²) in [6.45, 7) is 1.41. The first-order chi connectivity index (χ1) is 13.4. The lowest BCUT2D eigenvalue weighted by Gasteiger charge is -2.37. The van der Waals surface area contributed by atoms with E-state index in [4.69, 9.17) is 5.14 Å². The van der Waals surface area contributed by atoms with Gasteiger partial charge in [-0.2, -0.15) is 0 Å². The fourth-order valence-corrected chi connectivity index (χ4v) is 5.28. The van der Waals surface area contributed by atoms with Crippen LogP contribution in [-0.2, 0) is 22.0 Å². The van der Waals surface area contributed by atoms with Crippen LogP contribution in [0, 0.1) is 0 Å². The van der Waals surface area contributed by atoms with E-state index >= 15 is 0 Å². The maximum absolute atomic E-state index is 11.4. The Morgan fingerprint density at radius 3 is 2.38 bits per heavy atom. The minimum atomic E-state index is -3.66. The molecule has 0 unspecified atom stereocenters. The predicted molar refractivity (Wildman–Crippen MR) is 131 cm³/mol. The van der Waals surface area contributed by atoms with Gasteiger partial charge >= 0.3 is 0 Å². The lowest BCUT2D eigenvalue weighted by Crippen LogP contribution is -2.46. The molecule has 1 aliphatic carbocycles. The zero-order valence-corrected chi connectivity index (χ0v) is 20.5. The van der Waals surface area contributed by atoms with Gasteiger partial charge in [0.1, 0.15) is 0 Å². The van der Waals surface area contributed by atoms with Crippen LogP contribution in [0.5, 0.6) is 0 Å². The minimum Gasteiger partial charge on any atom is -0.355 e. The lowest BCUT2D eigenvalue weighted by atomic mass is 9.73. The van der Waals surface area contributed by atoms with Crippen molar-refractivity contribution in [3.63, 3.8) is 0 Å². The van der Waals surface area contributed by atoms with E-state index in [-0.39, 0.29) is 34.3 Å². The van der Waals surface area contributed by atoms with Crippen LogP contribution in [0.1, 0.15) is 42.5 Å². The molecule has 1 heterocycles. The Balaban J connectivity index is 0.00000300. The molecule has 0 amide bonds. The summed E-state index contributed by atoms with van der Waals surface area (Å²) < 4.78 is 22.7. The Bertz CT molecular complexity index is 891. The molecule has 0 radical (unpaired) electrons. The number of primary sulfonamides is 1. The third-order valence-electron chi connectivity index (χ3n) is 5.38. The summed E-state index contributed by atoms with van der Waals surface area (Å²) in [7, 11) is -1.90. The van der Waals surface area contributed by atoms with Crippen molar-refractivity contribution in [1.29, 1.82) is 0 Å². The topological polar surface area (TPSA) is 96.6 Å². The highest BCUT2D eigenvalue weighted by atomic mass is 127. The molecule has 6 nitrogen and oxygen atoms in total. The summed E-state index contributed by atoms with van der Waals surface area (Å²) in [5.41, 5.74) is 1.14. The molecule has 1 saturated carbocycles. The normalized spacial score (nSPS) is 16.7. The Kier molecular flexibility index (Phi) is 8.92. The molecule has 0 bridgehead atoms. The summed E-state index contributed by atoms with van der Waals surface area (Å²) in [4.78, 5) is 5.91. The highest BCUT2D eigenvalue weighted by Gasteiger charge is 2.34. The van der Waals surface area contributed by atoms with Crippen LogP contribution < -0.4 is 15.8 Å². The van der Waals surface area contributed by atoms with Gasteiger partial charge in [-0.3, -0.25) is 4.99 Å². The van der Waals surface area contributed by atoms with Gasteiger partial charge in [-0.1, -0.05) is 37.5 Å². The summed E-state index contributed by atoms with van der Waals surface area (Å²) in [5.74, 6) is 0.747. The molecular weight excluding hydrogens is 519 g/mol. The van der Waals surface area contributed by atoms with Gasteiger partial charge in [-0.05, 0) is 42.0 Å². The van der Waals surface area contributed by atoms with E-state index in [1.807, 2.05) is 11.3 Å². The number of halogens is 1. The number of aliphatic imine (C=N–C) groups is 1.